The maximum absolute atomic E-state index is 11.1. The van der Waals surface area contributed by atoms with Crippen molar-refractivity contribution >= 4 is 0 Å². The van der Waals surface area contributed by atoms with Crippen LogP contribution in [0.25, 0.3) is 0 Å². The van der Waals surface area contributed by atoms with Crippen molar-refractivity contribution in [1.29, 1.82) is 0 Å². The molecule has 1 heterocycles. The van der Waals surface area contributed by atoms with Crippen molar-refractivity contribution in [2.24, 2.45) is 5.92 Å². The molecule has 3 atom stereocenters. The minimum atomic E-state index is -0.382. The van der Waals surface area contributed by atoms with Gasteiger partial charge in [-0.2, -0.15) is 0 Å². The lowest BCUT2D eigenvalue weighted by molar-refractivity contribution is -0.850. The Balaban J connectivity index is 0.000000461. The van der Waals surface area contributed by atoms with E-state index in [9.17, 15) is 5.21 Å². The summed E-state index contributed by atoms with van der Waals surface area (Å²) in [5, 5.41) is 20.2. The number of hydroxylamine groups is 3. The Morgan fingerprint density at radius 3 is 1.91 bits per heavy atom. The first-order chi connectivity index (χ1) is 5.01. The SMILES string of the molecule is CC.C[C@@H]1C[N+](C)([O-])C[C@H]1O. The van der Waals surface area contributed by atoms with Crippen LogP contribution in [0.5, 0.6) is 0 Å². The average molecular weight is 161 g/mol. The molecule has 1 aliphatic rings. The Kier molecular flexibility index (Phi) is 4.00. The van der Waals surface area contributed by atoms with Crippen molar-refractivity contribution in [1.82, 2.24) is 0 Å². The lowest BCUT2D eigenvalue weighted by Crippen LogP contribution is -2.35. The number of hydrogen-bond donors (Lipinski definition) is 1. The lowest BCUT2D eigenvalue weighted by Gasteiger charge is -2.33. The van der Waals surface area contributed by atoms with Crippen LogP contribution in [0.2, 0.25) is 0 Å². The van der Waals surface area contributed by atoms with Gasteiger partial charge in [-0.05, 0) is 0 Å². The molecular formula is C8H19NO2. The molecule has 0 aromatic carbocycles. The van der Waals surface area contributed by atoms with Crippen molar-refractivity contribution in [3.8, 4) is 0 Å². The maximum Gasteiger partial charge on any atom is 0.111 e. The smallest absolute Gasteiger partial charge is 0.111 e. The molecule has 1 rings (SSSR count). The van der Waals surface area contributed by atoms with E-state index >= 15 is 0 Å². The second kappa shape index (κ2) is 4.04. The van der Waals surface area contributed by atoms with Gasteiger partial charge in [0.05, 0.1) is 13.6 Å². The van der Waals surface area contributed by atoms with Crippen LogP contribution in [0.4, 0.5) is 0 Å². The fraction of sp³-hybridized carbons (Fsp3) is 1.00. The van der Waals surface area contributed by atoms with Crippen LogP contribution in [0.15, 0.2) is 0 Å². The molecule has 3 nitrogen and oxygen atoms in total. The van der Waals surface area contributed by atoms with E-state index in [1.807, 2.05) is 20.8 Å². The quantitative estimate of drug-likeness (QED) is 0.425. The molecule has 1 fully saturated rings. The normalized spacial score (nSPS) is 43.1. The Morgan fingerprint density at radius 2 is 1.82 bits per heavy atom. The Morgan fingerprint density at radius 1 is 1.36 bits per heavy atom. The number of likely N-dealkylation sites (tertiary alicyclic amines) is 1. The van der Waals surface area contributed by atoms with Crippen LogP contribution < -0.4 is 0 Å². The summed E-state index contributed by atoms with van der Waals surface area (Å²) >= 11 is 0. The number of likely N-dealkylation sites (N-methyl/N-ethyl adjacent to an activating group) is 1. The first-order valence-corrected chi connectivity index (χ1v) is 4.25. The van der Waals surface area contributed by atoms with Gasteiger partial charge in [-0.3, -0.25) is 0 Å². The number of hydrogen-bond acceptors (Lipinski definition) is 2. The maximum atomic E-state index is 11.1. The molecule has 0 saturated carbocycles. The van der Waals surface area contributed by atoms with Gasteiger partial charge in [0.1, 0.15) is 12.6 Å². The lowest BCUT2D eigenvalue weighted by atomic mass is 10.1. The zero-order chi connectivity index (χ0) is 9.07. The number of rotatable bonds is 0. The van der Waals surface area contributed by atoms with E-state index in [4.69, 9.17) is 5.11 Å². The molecule has 68 valence electrons. The largest absolute Gasteiger partial charge is 0.633 e. The highest BCUT2D eigenvalue weighted by molar-refractivity contribution is 4.70. The van der Waals surface area contributed by atoms with E-state index in [1.165, 1.54) is 0 Å². The van der Waals surface area contributed by atoms with E-state index in [0.717, 1.165) is 0 Å². The topological polar surface area (TPSA) is 43.3 Å². The van der Waals surface area contributed by atoms with E-state index in [2.05, 4.69) is 0 Å². The molecule has 0 spiro atoms. The predicted molar refractivity (Wildman–Crippen MR) is 45.8 cm³/mol. The number of aliphatic hydroxyl groups excluding tert-OH is 1. The Labute approximate surface area is 68.8 Å². The van der Waals surface area contributed by atoms with Crippen LogP contribution in [0, 0.1) is 11.1 Å². The van der Waals surface area contributed by atoms with E-state index in [-0.39, 0.29) is 16.7 Å². The molecule has 0 aliphatic carbocycles. The van der Waals surface area contributed by atoms with Gasteiger partial charge in [-0.1, -0.05) is 20.8 Å². The Bertz CT molecular complexity index is 103. The number of aliphatic hydroxyl groups is 1. The highest BCUT2D eigenvalue weighted by Gasteiger charge is 2.33. The first-order valence-electron chi connectivity index (χ1n) is 4.25. The van der Waals surface area contributed by atoms with Crippen LogP contribution in [0.3, 0.4) is 0 Å². The van der Waals surface area contributed by atoms with Crippen molar-refractivity contribution in [3.63, 3.8) is 0 Å². The van der Waals surface area contributed by atoms with Crippen molar-refractivity contribution in [2.45, 2.75) is 26.9 Å². The van der Waals surface area contributed by atoms with Gasteiger partial charge >= 0.3 is 0 Å². The van der Waals surface area contributed by atoms with Gasteiger partial charge in [0.2, 0.25) is 0 Å². The summed E-state index contributed by atoms with van der Waals surface area (Å²) in [5.41, 5.74) is 0. The fourth-order valence-electron chi connectivity index (χ4n) is 1.38. The summed E-state index contributed by atoms with van der Waals surface area (Å²) in [5.74, 6) is 0.174. The second-order valence-corrected chi connectivity index (χ2v) is 3.21. The highest BCUT2D eigenvalue weighted by Crippen LogP contribution is 2.20. The third kappa shape index (κ3) is 3.18. The molecule has 1 aliphatic heterocycles. The van der Waals surface area contributed by atoms with E-state index < -0.39 is 0 Å². The molecule has 1 unspecified atom stereocenters. The first kappa shape index (κ1) is 10.9. The summed E-state index contributed by atoms with van der Waals surface area (Å²) in [7, 11) is 1.60. The van der Waals surface area contributed by atoms with Gasteiger partial charge < -0.3 is 15.0 Å². The highest BCUT2D eigenvalue weighted by atomic mass is 16.5. The number of quaternary nitrogens is 1. The van der Waals surface area contributed by atoms with Gasteiger partial charge in [0.15, 0.2) is 0 Å². The van der Waals surface area contributed by atoms with E-state index in [0.29, 0.717) is 13.1 Å². The van der Waals surface area contributed by atoms with Crippen molar-refractivity contribution in [2.75, 3.05) is 20.1 Å². The van der Waals surface area contributed by atoms with Crippen LogP contribution >= 0.6 is 0 Å². The van der Waals surface area contributed by atoms with Crippen molar-refractivity contribution < 1.29 is 9.75 Å². The minimum absolute atomic E-state index is 0.174. The summed E-state index contributed by atoms with van der Waals surface area (Å²) < 4.78 is -0.275. The van der Waals surface area contributed by atoms with Crippen LogP contribution in [-0.4, -0.2) is 36.0 Å². The number of nitrogens with zero attached hydrogens (tertiary/aromatic N) is 1. The van der Waals surface area contributed by atoms with Crippen LogP contribution in [0.1, 0.15) is 20.8 Å². The summed E-state index contributed by atoms with van der Waals surface area (Å²) in [4.78, 5) is 0. The van der Waals surface area contributed by atoms with Gasteiger partial charge in [0, 0.05) is 5.92 Å². The zero-order valence-corrected chi connectivity index (χ0v) is 7.87. The third-order valence-corrected chi connectivity index (χ3v) is 1.90. The van der Waals surface area contributed by atoms with E-state index in [1.54, 1.807) is 7.05 Å². The standard InChI is InChI=1S/C6H13NO2.C2H6/c1-5-3-7(2,9)4-6(5)8;1-2/h5-6,8H,3-4H2,1-2H3;1-2H3/t5-,6-,7?;/m1./s1. The molecule has 0 aromatic heterocycles. The monoisotopic (exact) mass is 161 g/mol. The molecule has 3 heteroatoms. The average Bonchev–Trinajstić information content (AvgIpc) is 2.10. The van der Waals surface area contributed by atoms with Gasteiger partial charge in [-0.25, -0.2) is 0 Å². The van der Waals surface area contributed by atoms with Gasteiger partial charge in [-0.15, -0.1) is 0 Å². The molecule has 0 bridgehead atoms. The third-order valence-electron chi connectivity index (χ3n) is 1.90. The minimum Gasteiger partial charge on any atom is -0.633 e. The van der Waals surface area contributed by atoms with Gasteiger partial charge in [0.25, 0.3) is 0 Å². The summed E-state index contributed by atoms with van der Waals surface area (Å²) in [6, 6.07) is 0. The predicted octanol–water partition coefficient (Wildman–Crippen LogP) is 0.968. The van der Waals surface area contributed by atoms with Crippen molar-refractivity contribution in [3.05, 3.63) is 5.21 Å². The second-order valence-electron chi connectivity index (χ2n) is 3.21. The molecular weight excluding hydrogens is 142 g/mol. The molecule has 1 N–H and O–H groups in total. The molecule has 11 heavy (non-hydrogen) atoms. The molecule has 0 aromatic rings. The van der Waals surface area contributed by atoms with Crippen LogP contribution in [-0.2, 0) is 0 Å². The summed E-state index contributed by atoms with van der Waals surface area (Å²) in [6.07, 6.45) is -0.382. The molecule has 0 radical (unpaired) electrons. The fourth-order valence-corrected chi connectivity index (χ4v) is 1.38. The molecule has 0 amide bonds. The summed E-state index contributed by atoms with van der Waals surface area (Å²) in [6.45, 7) is 6.83. The zero-order valence-electron chi connectivity index (χ0n) is 7.87. The Hall–Kier alpha value is -0.120. The molecule has 1 saturated heterocycles.